The summed E-state index contributed by atoms with van der Waals surface area (Å²) in [4.78, 5) is 0. The van der Waals surface area contributed by atoms with Crippen molar-refractivity contribution in [3.8, 4) is 11.1 Å². The fraction of sp³-hybridized carbons (Fsp3) is 0.333. The molecule has 2 aromatic carbocycles. The van der Waals surface area contributed by atoms with Gasteiger partial charge in [0, 0.05) is 27.9 Å². The van der Waals surface area contributed by atoms with Crippen molar-refractivity contribution >= 4 is 46.1 Å². The first-order valence-electron chi connectivity index (χ1n) is 9.00. The summed E-state index contributed by atoms with van der Waals surface area (Å²) in [5.41, 5.74) is -0.316. The van der Waals surface area contributed by atoms with Crippen molar-refractivity contribution < 1.29 is 22.1 Å². The summed E-state index contributed by atoms with van der Waals surface area (Å²) in [6.45, 7) is 7.11. The highest BCUT2D eigenvalue weighted by atomic mass is 35.5. The molecule has 0 aromatic heterocycles. The van der Waals surface area contributed by atoms with E-state index < -0.39 is 27.5 Å². The molecule has 0 aliphatic rings. The molecule has 30 heavy (non-hydrogen) atoms. The second-order valence-corrected chi connectivity index (χ2v) is 9.96. The van der Waals surface area contributed by atoms with Crippen molar-refractivity contribution in [3.63, 3.8) is 0 Å². The summed E-state index contributed by atoms with van der Waals surface area (Å²) in [6.07, 6.45) is -3.69. The smallest absolute Gasteiger partial charge is 0.417 e. The van der Waals surface area contributed by atoms with Crippen molar-refractivity contribution in [2.45, 2.75) is 38.6 Å². The minimum absolute atomic E-state index is 0.0812. The van der Waals surface area contributed by atoms with Crippen molar-refractivity contribution in [1.29, 1.82) is 0 Å². The second kappa shape index (κ2) is 9.58. The molecular formula is C21H21ClF3NO2S2. The molecule has 1 atom stereocenters. The summed E-state index contributed by atoms with van der Waals surface area (Å²) in [7, 11) is -1.75. The van der Waals surface area contributed by atoms with Crippen molar-refractivity contribution in [2.24, 2.45) is 4.40 Å². The molecule has 0 aliphatic heterocycles. The van der Waals surface area contributed by atoms with Gasteiger partial charge < -0.3 is 4.74 Å². The molecule has 0 saturated carbocycles. The molecule has 0 N–H and O–H groups in total. The zero-order chi connectivity index (χ0) is 22.7. The Balaban J connectivity index is 2.83. The van der Waals surface area contributed by atoms with Crippen LogP contribution in [0, 0.1) is 0 Å². The van der Waals surface area contributed by atoms with Crippen LogP contribution in [0.1, 0.15) is 44.4 Å². The van der Waals surface area contributed by atoms with E-state index in [1.807, 2.05) is 0 Å². The van der Waals surface area contributed by atoms with Gasteiger partial charge in [-0.3, -0.25) is 0 Å². The third kappa shape index (κ3) is 5.68. The van der Waals surface area contributed by atoms with Gasteiger partial charge in [-0.15, -0.1) is 0 Å². The van der Waals surface area contributed by atoms with E-state index in [0.717, 1.165) is 12.3 Å². The van der Waals surface area contributed by atoms with E-state index in [0.29, 0.717) is 17.7 Å². The molecule has 0 radical (unpaired) electrons. The number of alkyl halides is 3. The monoisotopic (exact) mass is 475 g/mol. The number of nitrogens with zero attached hydrogens (tertiary/aromatic N) is 1. The topological polar surface area (TPSA) is 38.7 Å². The highest BCUT2D eigenvalue weighted by molar-refractivity contribution is 7.85. The summed E-state index contributed by atoms with van der Waals surface area (Å²) < 4.78 is 62.3. The Hall–Kier alpha value is -1.77. The van der Waals surface area contributed by atoms with E-state index in [4.69, 9.17) is 28.6 Å². The molecule has 0 heterocycles. The molecule has 0 fully saturated rings. The highest BCUT2D eigenvalue weighted by Gasteiger charge is 2.35. The van der Waals surface area contributed by atoms with E-state index in [9.17, 15) is 17.4 Å². The van der Waals surface area contributed by atoms with Gasteiger partial charge in [0.1, 0.15) is 11.0 Å². The van der Waals surface area contributed by atoms with E-state index in [1.54, 1.807) is 52.0 Å². The lowest BCUT2D eigenvalue weighted by atomic mass is 9.92. The lowest BCUT2D eigenvalue weighted by molar-refractivity contribution is -0.137. The Morgan fingerprint density at radius 2 is 1.83 bits per heavy atom. The standard InChI is InChI=1S/C21H21ClF3NO2S2/c1-5-28-19(29)14-9-7-6-8-13(14)18-15(12-26-30(27)20(2,3)4)16(21(23,24)25)10-11-17(18)22/h6-12H,5H2,1-4H3/b26-12+. The molecule has 162 valence electrons. The fourth-order valence-electron chi connectivity index (χ4n) is 2.59. The van der Waals surface area contributed by atoms with Crippen LogP contribution in [0.2, 0.25) is 5.02 Å². The van der Waals surface area contributed by atoms with Crippen molar-refractivity contribution in [1.82, 2.24) is 0 Å². The predicted molar refractivity (Wildman–Crippen MR) is 121 cm³/mol. The molecule has 3 nitrogen and oxygen atoms in total. The number of thiocarbonyl (C=S) groups is 1. The Morgan fingerprint density at radius 3 is 2.40 bits per heavy atom. The van der Waals surface area contributed by atoms with E-state index >= 15 is 0 Å². The molecule has 9 heteroatoms. The fourth-order valence-corrected chi connectivity index (χ4v) is 3.67. The molecule has 1 unspecified atom stereocenters. The third-order valence-electron chi connectivity index (χ3n) is 3.99. The molecule has 2 rings (SSSR count). The molecular weight excluding hydrogens is 455 g/mol. The molecule has 0 amide bonds. The van der Waals surface area contributed by atoms with E-state index in [-0.39, 0.29) is 21.2 Å². The largest absolute Gasteiger partial charge is 0.483 e. The third-order valence-corrected chi connectivity index (χ3v) is 5.99. The Labute approximate surface area is 186 Å². The number of hydrogen-bond acceptors (Lipinski definition) is 3. The number of ether oxygens (including phenoxy) is 1. The zero-order valence-electron chi connectivity index (χ0n) is 16.8. The maximum absolute atomic E-state index is 13.8. The number of rotatable bonds is 5. The van der Waals surface area contributed by atoms with Gasteiger partial charge in [-0.1, -0.05) is 29.8 Å². The van der Waals surface area contributed by atoms with Crippen LogP contribution >= 0.6 is 23.8 Å². The second-order valence-electron chi connectivity index (χ2n) is 7.24. The lowest BCUT2D eigenvalue weighted by Gasteiger charge is -2.19. The van der Waals surface area contributed by atoms with Gasteiger partial charge in [-0.05, 0) is 63.7 Å². The molecule has 0 spiro atoms. The van der Waals surface area contributed by atoms with Crippen LogP contribution < -0.4 is 0 Å². The Bertz CT molecular complexity index is 999. The maximum atomic E-state index is 13.8. The molecule has 2 aromatic rings. The quantitative estimate of drug-likeness (QED) is 0.360. The number of hydrogen-bond donors (Lipinski definition) is 0. The van der Waals surface area contributed by atoms with Crippen molar-refractivity contribution in [3.05, 3.63) is 58.1 Å². The summed E-state index contributed by atoms with van der Waals surface area (Å²) in [6, 6.07) is 8.69. The summed E-state index contributed by atoms with van der Waals surface area (Å²) in [5.74, 6) is 0. The predicted octanol–water partition coefficient (Wildman–Crippen LogP) is 6.62. The lowest BCUT2D eigenvalue weighted by Crippen LogP contribution is -2.20. The van der Waals surface area contributed by atoms with Crippen LogP contribution in [0.15, 0.2) is 40.8 Å². The first-order valence-corrected chi connectivity index (χ1v) is 10.9. The van der Waals surface area contributed by atoms with E-state index in [1.165, 1.54) is 6.07 Å². The molecule has 0 bridgehead atoms. The zero-order valence-corrected chi connectivity index (χ0v) is 19.2. The normalized spacial score (nSPS) is 13.5. The average Bonchev–Trinajstić information content (AvgIpc) is 2.64. The van der Waals surface area contributed by atoms with Gasteiger partial charge in [0.15, 0.2) is 5.05 Å². The van der Waals surface area contributed by atoms with Crippen LogP contribution in [-0.4, -0.2) is 26.8 Å². The minimum Gasteiger partial charge on any atom is -0.483 e. The van der Waals surface area contributed by atoms with Gasteiger partial charge >= 0.3 is 6.18 Å². The number of halogens is 4. The van der Waals surface area contributed by atoms with Crippen LogP contribution in [0.25, 0.3) is 11.1 Å². The van der Waals surface area contributed by atoms with Gasteiger partial charge in [-0.25, -0.2) is 4.21 Å². The summed E-state index contributed by atoms with van der Waals surface area (Å²) >= 11 is 11.6. The van der Waals surface area contributed by atoms with Gasteiger partial charge in [-0.2, -0.15) is 17.6 Å². The van der Waals surface area contributed by atoms with Crippen LogP contribution in [0.4, 0.5) is 13.2 Å². The Kier molecular flexibility index (Phi) is 7.82. The maximum Gasteiger partial charge on any atom is 0.417 e. The molecule has 0 aliphatic carbocycles. The summed E-state index contributed by atoms with van der Waals surface area (Å²) in [5, 5.41) is 0.223. The van der Waals surface area contributed by atoms with Gasteiger partial charge in [0.05, 0.1) is 16.9 Å². The highest BCUT2D eigenvalue weighted by Crippen LogP contribution is 2.41. The van der Waals surface area contributed by atoms with Gasteiger partial charge in [0.2, 0.25) is 0 Å². The van der Waals surface area contributed by atoms with Crippen LogP contribution in [0.5, 0.6) is 0 Å². The van der Waals surface area contributed by atoms with Crippen molar-refractivity contribution in [2.75, 3.05) is 6.61 Å². The first-order chi connectivity index (χ1) is 13.9. The Morgan fingerprint density at radius 1 is 1.20 bits per heavy atom. The van der Waals surface area contributed by atoms with Gasteiger partial charge in [0.25, 0.3) is 0 Å². The average molecular weight is 476 g/mol. The first kappa shape index (κ1) is 24.5. The SMILES string of the molecule is CCOC(=S)c1ccccc1-c1c(Cl)ccc(C(F)(F)F)c1/C=N/S(=O)C(C)(C)C. The number of benzene rings is 2. The van der Waals surface area contributed by atoms with Crippen LogP contribution in [-0.2, 0) is 21.9 Å². The molecule has 0 saturated heterocycles. The van der Waals surface area contributed by atoms with E-state index in [2.05, 4.69) is 4.40 Å². The minimum atomic E-state index is -4.67. The van der Waals surface area contributed by atoms with Crippen LogP contribution in [0.3, 0.4) is 0 Å².